The van der Waals surface area contributed by atoms with Crippen LogP contribution in [0.2, 0.25) is 0 Å². The van der Waals surface area contributed by atoms with Gasteiger partial charge in [0.15, 0.2) is 0 Å². The van der Waals surface area contributed by atoms with Crippen LogP contribution in [0.5, 0.6) is 0 Å². The highest BCUT2D eigenvalue weighted by Gasteiger charge is 2.26. The molecule has 3 rings (SSSR count). The number of aliphatic hydroxyl groups excluding tert-OH is 1. The van der Waals surface area contributed by atoms with Gasteiger partial charge < -0.3 is 14.7 Å². The van der Waals surface area contributed by atoms with Crippen LogP contribution in [0.3, 0.4) is 0 Å². The van der Waals surface area contributed by atoms with Crippen molar-refractivity contribution in [2.24, 2.45) is 5.16 Å². The van der Waals surface area contributed by atoms with Crippen molar-refractivity contribution < 1.29 is 23.5 Å². The zero-order valence-electron chi connectivity index (χ0n) is 18.2. The van der Waals surface area contributed by atoms with Gasteiger partial charge in [0.25, 0.3) is 0 Å². The fourth-order valence-corrected chi connectivity index (χ4v) is 3.38. The van der Waals surface area contributed by atoms with Crippen LogP contribution in [0.1, 0.15) is 38.3 Å². The summed E-state index contributed by atoms with van der Waals surface area (Å²) in [5.74, 6) is -0.581. The predicted molar refractivity (Wildman–Crippen MR) is 116 cm³/mol. The van der Waals surface area contributed by atoms with E-state index in [1.807, 2.05) is 20.8 Å². The van der Waals surface area contributed by atoms with Gasteiger partial charge in [-0.05, 0) is 56.2 Å². The second-order valence-electron chi connectivity index (χ2n) is 8.87. The maximum absolute atomic E-state index is 13.3. The molecule has 0 spiro atoms. The van der Waals surface area contributed by atoms with E-state index in [9.17, 15) is 13.9 Å². The van der Waals surface area contributed by atoms with Crippen LogP contribution in [-0.2, 0) is 16.1 Å². The highest BCUT2D eigenvalue weighted by atomic mass is 19.1. The topological polar surface area (TPSA) is 54.3 Å². The summed E-state index contributed by atoms with van der Waals surface area (Å²) in [6.45, 7) is 7.46. The predicted octanol–water partition coefficient (Wildman–Crippen LogP) is 4.14. The van der Waals surface area contributed by atoms with Gasteiger partial charge >= 0.3 is 0 Å². The number of ether oxygens (including phenoxy) is 1. The molecule has 1 heterocycles. The normalized spacial score (nSPS) is 17.5. The first-order valence-electron chi connectivity index (χ1n) is 10.5. The second-order valence-corrected chi connectivity index (χ2v) is 8.87. The molecule has 0 aromatic heterocycles. The van der Waals surface area contributed by atoms with E-state index in [0.29, 0.717) is 26.1 Å². The van der Waals surface area contributed by atoms with E-state index >= 15 is 0 Å². The van der Waals surface area contributed by atoms with Gasteiger partial charge in [-0.15, -0.1) is 0 Å². The van der Waals surface area contributed by atoms with Crippen molar-refractivity contribution >= 4 is 5.71 Å². The highest BCUT2D eigenvalue weighted by Crippen LogP contribution is 2.19. The molecular weight excluding hydrogens is 402 g/mol. The standard InChI is InChI=1S/C24H30F2N2O3/c1-24(2,3)30-16-21(29)14-28(13-17-4-8-19(25)9-5-17)15-22-12-23(27-31-22)18-6-10-20(26)11-7-18/h4-11,21-22,29H,12-16H2,1-3H3/t21-,22-/m0/s1. The minimum Gasteiger partial charge on any atom is -0.390 e. The first-order valence-corrected chi connectivity index (χ1v) is 10.5. The Morgan fingerprint density at radius 2 is 1.71 bits per heavy atom. The second kappa shape index (κ2) is 10.3. The molecule has 31 heavy (non-hydrogen) atoms. The summed E-state index contributed by atoms with van der Waals surface area (Å²) in [6, 6.07) is 12.5. The van der Waals surface area contributed by atoms with E-state index in [2.05, 4.69) is 10.1 Å². The van der Waals surface area contributed by atoms with Gasteiger partial charge in [-0.25, -0.2) is 8.78 Å². The molecule has 2 aromatic rings. The fraction of sp³-hybridized carbons (Fsp3) is 0.458. The highest BCUT2D eigenvalue weighted by molar-refractivity contribution is 6.01. The SMILES string of the molecule is CC(C)(C)OC[C@@H](O)CN(Cc1ccc(F)cc1)C[C@@H]1CC(c2ccc(F)cc2)=NO1. The molecule has 5 nitrogen and oxygen atoms in total. The Balaban J connectivity index is 1.62. The number of oxime groups is 1. The Hall–Kier alpha value is -2.35. The summed E-state index contributed by atoms with van der Waals surface area (Å²) < 4.78 is 32.2. The molecular formula is C24H30F2N2O3. The average molecular weight is 433 g/mol. The first kappa shape index (κ1) is 23.3. The lowest BCUT2D eigenvalue weighted by atomic mass is 10.0. The molecule has 1 aliphatic rings. The third kappa shape index (κ3) is 7.69. The van der Waals surface area contributed by atoms with Crippen molar-refractivity contribution in [1.29, 1.82) is 0 Å². The number of benzene rings is 2. The molecule has 0 radical (unpaired) electrons. The van der Waals surface area contributed by atoms with Crippen LogP contribution < -0.4 is 0 Å². The summed E-state index contributed by atoms with van der Waals surface area (Å²) in [5, 5.41) is 14.7. The molecule has 0 saturated carbocycles. The number of nitrogens with zero attached hydrogens (tertiary/aromatic N) is 2. The Morgan fingerprint density at radius 1 is 1.10 bits per heavy atom. The van der Waals surface area contributed by atoms with Crippen molar-refractivity contribution in [3.63, 3.8) is 0 Å². The van der Waals surface area contributed by atoms with E-state index in [0.717, 1.165) is 16.8 Å². The van der Waals surface area contributed by atoms with Gasteiger partial charge in [0.05, 0.1) is 24.0 Å². The van der Waals surface area contributed by atoms with Crippen molar-refractivity contribution in [1.82, 2.24) is 4.90 Å². The summed E-state index contributed by atoms with van der Waals surface area (Å²) >= 11 is 0. The van der Waals surface area contributed by atoms with E-state index in [-0.39, 0.29) is 29.9 Å². The Morgan fingerprint density at radius 3 is 2.32 bits per heavy atom. The summed E-state index contributed by atoms with van der Waals surface area (Å²) in [7, 11) is 0. The number of hydrogen-bond acceptors (Lipinski definition) is 5. The number of halogens is 2. The van der Waals surface area contributed by atoms with Crippen LogP contribution in [0, 0.1) is 11.6 Å². The zero-order valence-corrected chi connectivity index (χ0v) is 18.2. The van der Waals surface area contributed by atoms with Gasteiger partial charge in [0.2, 0.25) is 0 Å². The summed E-state index contributed by atoms with van der Waals surface area (Å²) in [5.41, 5.74) is 2.19. The zero-order chi connectivity index (χ0) is 22.4. The minimum atomic E-state index is -0.682. The number of aliphatic hydroxyl groups is 1. The summed E-state index contributed by atoms with van der Waals surface area (Å²) in [4.78, 5) is 7.67. The molecule has 2 atom stereocenters. The summed E-state index contributed by atoms with van der Waals surface area (Å²) in [6.07, 6.45) is -0.296. The van der Waals surface area contributed by atoms with Crippen LogP contribution in [0.4, 0.5) is 8.78 Å². The minimum absolute atomic E-state index is 0.198. The monoisotopic (exact) mass is 432 g/mol. The Labute approximate surface area is 182 Å². The smallest absolute Gasteiger partial charge is 0.145 e. The Kier molecular flexibility index (Phi) is 7.75. The van der Waals surface area contributed by atoms with Crippen molar-refractivity contribution in [3.05, 3.63) is 71.3 Å². The van der Waals surface area contributed by atoms with Crippen LogP contribution in [-0.4, -0.2) is 53.2 Å². The van der Waals surface area contributed by atoms with E-state index in [1.54, 1.807) is 24.3 Å². The Bertz CT molecular complexity index is 864. The van der Waals surface area contributed by atoms with Crippen LogP contribution >= 0.6 is 0 Å². The van der Waals surface area contributed by atoms with Gasteiger partial charge in [-0.2, -0.15) is 0 Å². The van der Waals surface area contributed by atoms with Gasteiger partial charge in [-0.3, -0.25) is 4.90 Å². The largest absolute Gasteiger partial charge is 0.390 e. The maximum atomic E-state index is 13.3. The maximum Gasteiger partial charge on any atom is 0.145 e. The molecule has 0 saturated heterocycles. The molecule has 2 aromatic carbocycles. The molecule has 7 heteroatoms. The lowest BCUT2D eigenvalue weighted by Crippen LogP contribution is -2.40. The molecule has 0 fully saturated rings. The third-order valence-corrected chi connectivity index (χ3v) is 4.87. The lowest BCUT2D eigenvalue weighted by molar-refractivity contribution is -0.0600. The van der Waals surface area contributed by atoms with Crippen LogP contribution in [0.15, 0.2) is 53.7 Å². The molecule has 1 aliphatic heterocycles. The molecule has 0 aliphatic carbocycles. The molecule has 0 amide bonds. The lowest BCUT2D eigenvalue weighted by Gasteiger charge is -2.28. The molecule has 0 unspecified atom stereocenters. The van der Waals surface area contributed by atoms with Gasteiger partial charge in [0, 0.05) is 26.1 Å². The molecule has 168 valence electrons. The molecule has 1 N–H and O–H groups in total. The molecule has 0 bridgehead atoms. The van der Waals surface area contributed by atoms with Crippen LogP contribution in [0.25, 0.3) is 0 Å². The number of hydrogen-bond donors (Lipinski definition) is 1. The van der Waals surface area contributed by atoms with E-state index < -0.39 is 6.10 Å². The average Bonchev–Trinajstić information content (AvgIpc) is 3.16. The fourth-order valence-electron chi connectivity index (χ4n) is 3.38. The quantitative estimate of drug-likeness (QED) is 0.647. The van der Waals surface area contributed by atoms with Crippen molar-refractivity contribution in [2.75, 3.05) is 19.7 Å². The van der Waals surface area contributed by atoms with E-state index in [1.165, 1.54) is 24.3 Å². The van der Waals surface area contributed by atoms with Crippen molar-refractivity contribution in [3.8, 4) is 0 Å². The van der Waals surface area contributed by atoms with Crippen molar-refractivity contribution in [2.45, 2.75) is 51.5 Å². The van der Waals surface area contributed by atoms with Gasteiger partial charge in [0.1, 0.15) is 17.7 Å². The van der Waals surface area contributed by atoms with E-state index in [4.69, 9.17) is 9.57 Å². The first-order chi connectivity index (χ1) is 14.7. The van der Waals surface area contributed by atoms with Gasteiger partial charge in [-0.1, -0.05) is 29.4 Å². The number of rotatable bonds is 9. The third-order valence-electron chi connectivity index (χ3n) is 4.87.